The van der Waals surface area contributed by atoms with Crippen molar-refractivity contribution in [1.29, 1.82) is 0 Å². The second-order valence-corrected chi connectivity index (χ2v) is 7.39. The van der Waals surface area contributed by atoms with Gasteiger partial charge in [-0.15, -0.1) is 0 Å². The summed E-state index contributed by atoms with van der Waals surface area (Å²) in [6.07, 6.45) is 0.633. The fourth-order valence-corrected chi connectivity index (χ4v) is 3.29. The summed E-state index contributed by atoms with van der Waals surface area (Å²) in [7, 11) is 0. The van der Waals surface area contributed by atoms with Gasteiger partial charge in [0.1, 0.15) is 0 Å². The predicted octanol–water partition coefficient (Wildman–Crippen LogP) is 2.83. The van der Waals surface area contributed by atoms with E-state index in [1.165, 1.54) is 5.56 Å². The van der Waals surface area contributed by atoms with Crippen molar-refractivity contribution in [3.8, 4) is 0 Å². The molecule has 1 heterocycles. The Balaban J connectivity index is 1.60. The largest absolute Gasteiger partial charge is 0.393 e. The van der Waals surface area contributed by atoms with E-state index in [4.69, 9.17) is 0 Å². The first-order valence-corrected chi connectivity index (χ1v) is 7.69. The number of benzene rings is 1. The van der Waals surface area contributed by atoms with Crippen LogP contribution in [0.2, 0.25) is 0 Å². The van der Waals surface area contributed by atoms with Crippen molar-refractivity contribution >= 4 is 11.7 Å². The molecule has 2 aliphatic rings. The maximum Gasteiger partial charge on any atom is 0.321 e. The predicted molar refractivity (Wildman–Crippen MR) is 83.3 cm³/mol. The topological polar surface area (TPSA) is 52.6 Å². The fraction of sp³-hybridized carbons (Fsp3) is 0.588. The van der Waals surface area contributed by atoms with Gasteiger partial charge in [-0.25, -0.2) is 4.79 Å². The first-order chi connectivity index (χ1) is 9.84. The molecule has 0 aromatic heterocycles. The van der Waals surface area contributed by atoms with Gasteiger partial charge in [-0.2, -0.15) is 0 Å². The number of likely N-dealkylation sites (tertiary alicyclic amines) is 1. The van der Waals surface area contributed by atoms with Crippen LogP contribution >= 0.6 is 0 Å². The highest BCUT2D eigenvalue weighted by Crippen LogP contribution is 2.40. The maximum atomic E-state index is 12.3. The van der Waals surface area contributed by atoms with E-state index in [0.29, 0.717) is 18.4 Å². The third-order valence-corrected chi connectivity index (χ3v) is 4.82. The Morgan fingerprint density at radius 2 is 1.90 bits per heavy atom. The molecule has 1 aromatic carbocycles. The number of amides is 2. The SMILES string of the molecule is CC(C)(C)c1ccc(NC(=O)N2C[C@H]3C[C@@H](O)[C@H]3C2)cc1. The molecule has 3 rings (SSSR count). The molecule has 0 bridgehead atoms. The van der Waals surface area contributed by atoms with Gasteiger partial charge in [-0.3, -0.25) is 0 Å². The lowest BCUT2D eigenvalue weighted by molar-refractivity contribution is -0.00421. The Bertz CT molecular complexity index is 533. The summed E-state index contributed by atoms with van der Waals surface area (Å²) in [4.78, 5) is 14.1. The van der Waals surface area contributed by atoms with E-state index in [0.717, 1.165) is 18.7 Å². The highest BCUT2D eigenvalue weighted by atomic mass is 16.3. The molecule has 2 N–H and O–H groups in total. The molecular formula is C17H24N2O2. The molecule has 4 heteroatoms. The molecule has 0 spiro atoms. The Morgan fingerprint density at radius 3 is 2.43 bits per heavy atom. The van der Waals surface area contributed by atoms with E-state index in [-0.39, 0.29) is 17.6 Å². The lowest BCUT2D eigenvalue weighted by Crippen LogP contribution is -2.40. The maximum absolute atomic E-state index is 12.3. The lowest BCUT2D eigenvalue weighted by atomic mass is 9.74. The number of aliphatic hydroxyl groups excluding tert-OH is 1. The lowest BCUT2D eigenvalue weighted by Gasteiger charge is -2.34. The molecule has 2 amide bonds. The zero-order valence-electron chi connectivity index (χ0n) is 13.0. The summed E-state index contributed by atoms with van der Waals surface area (Å²) in [5.74, 6) is 0.785. The molecular weight excluding hydrogens is 264 g/mol. The summed E-state index contributed by atoms with van der Waals surface area (Å²) < 4.78 is 0. The fourth-order valence-electron chi connectivity index (χ4n) is 3.29. The van der Waals surface area contributed by atoms with E-state index in [1.54, 1.807) is 0 Å². The molecule has 0 radical (unpaired) electrons. The van der Waals surface area contributed by atoms with Crippen LogP contribution in [0.25, 0.3) is 0 Å². The van der Waals surface area contributed by atoms with E-state index in [1.807, 2.05) is 17.0 Å². The number of carbonyl (C=O) groups is 1. The zero-order valence-corrected chi connectivity index (χ0v) is 13.0. The molecule has 1 aliphatic carbocycles. The second-order valence-electron chi connectivity index (χ2n) is 7.39. The van der Waals surface area contributed by atoms with Crippen LogP contribution in [-0.2, 0) is 5.41 Å². The Labute approximate surface area is 126 Å². The average molecular weight is 288 g/mol. The minimum absolute atomic E-state index is 0.0555. The summed E-state index contributed by atoms with van der Waals surface area (Å²) >= 11 is 0. The molecule has 3 atom stereocenters. The first kappa shape index (κ1) is 14.4. The molecule has 1 saturated carbocycles. The summed E-state index contributed by atoms with van der Waals surface area (Å²) in [5.41, 5.74) is 2.20. The van der Waals surface area contributed by atoms with Gasteiger partial charge in [-0.1, -0.05) is 32.9 Å². The van der Waals surface area contributed by atoms with Gasteiger partial charge in [0.15, 0.2) is 0 Å². The number of carbonyl (C=O) groups excluding carboxylic acids is 1. The number of rotatable bonds is 1. The number of urea groups is 1. The van der Waals surface area contributed by atoms with Gasteiger partial charge in [0.2, 0.25) is 0 Å². The second kappa shape index (κ2) is 5.02. The van der Waals surface area contributed by atoms with Crippen LogP contribution in [0.5, 0.6) is 0 Å². The van der Waals surface area contributed by atoms with Crippen molar-refractivity contribution in [1.82, 2.24) is 4.90 Å². The van der Waals surface area contributed by atoms with Crippen molar-refractivity contribution in [3.63, 3.8) is 0 Å². The van der Waals surface area contributed by atoms with Crippen molar-refractivity contribution < 1.29 is 9.90 Å². The van der Waals surface area contributed by atoms with E-state index < -0.39 is 0 Å². The van der Waals surface area contributed by atoms with Crippen LogP contribution in [-0.4, -0.2) is 35.2 Å². The van der Waals surface area contributed by atoms with Crippen LogP contribution < -0.4 is 5.32 Å². The first-order valence-electron chi connectivity index (χ1n) is 7.69. The number of hydrogen-bond donors (Lipinski definition) is 2. The molecule has 114 valence electrons. The number of nitrogens with one attached hydrogen (secondary N) is 1. The summed E-state index contributed by atoms with van der Waals surface area (Å²) in [6.45, 7) is 7.97. The van der Waals surface area contributed by atoms with Crippen molar-refractivity contribution in [2.45, 2.75) is 38.7 Å². The average Bonchev–Trinajstić information content (AvgIpc) is 2.76. The van der Waals surface area contributed by atoms with Crippen molar-refractivity contribution in [2.24, 2.45) is 11.8 Å². The molecule has 1 aliphatic heterocycles. The van der Waals surface area contributed by atoms with Gasteiger partial charge in [0.05, 0.1) is 6.10 Å². The van der Waals surface area contributed by atoms with E-state index in [9.17, 15) is 9.90 Å². The molecule has 1 saturated heterocycles. The van der Waals surface area contributed by atoms with E-state index >= 15 is 0 Å². The number of anilines is 1. The van der Waals surface area contributed by atoms with Crippen LogP contribution in [0.15, 0.2) is 24.3 Å². The zero-order chi connectivity index (χ0) is 15.2. The highest BCUT2D eigenvalue weighted by Gasteiger charge is 2.47. The molecule has 1 aromatic rings. The van der Waals surface area contributed by atoms with Crippen LogP contribution in [0, 0.1) is 11.8 Å². The minimum atomic E-state index is -0.209. The summed E-state index contributed by atoms with van der Waals surface area (Å²) in [6, 6.07) is 7.98. The van der Waals surface area contributed by atoms with Gasteiger partial charge in [-0.05, 0) is 35.4 Å². The normalized spacial score (nSPS) is 28.0. The molecule has 2 fully saturated rings. The quantitative estimate of drug-likeness (QED) is 0.835. The van der Waals surface area contributed by atoms with Crippen molar-refractivity contribution in [3.05, 3.63) is 29.8 Å². The monoisotopic (exact) mass is 288 g/mol. The Kier molecular flexibility index (Phi) is 3.44. The summed E-state index contributed by atoms with van der Waals surface area (Å²) in [5, 5.41) is 12.6. The standard InChI is InChI=1S/C17H24N2O2/c1-17(2,3)12-4-6-13(7-5-12)18-16(21)19-9-11-8-15(20)14(11)10-19/h4-7,11,14-15,20H,8-10H2,1-3H3,(H,18,21)/t11-,14+,15-/m1/s1. The number of nitrogens with zero attached hydrogens (tertiary/aromatic N) is 1. The molecule has 4 nitrogen and oxygen atoms in total. The van der Waals surface area contributed by atoms with Crippen LogP contribution in [0.4, 0.5) is 10.5 Å². The Morgan fingerprint density at radius 1 is 1.24 bits per heavy atom. The smallest absolute Gasteiger partial charge is 0.321 e. The van der Waals surface area contributed by atoms with Crippen molar-refractivity contribution in [2.75, 3.05) is 18.4 Å². The highest BCUT2D eigenvalue weighted by molar-refractivity contribution is 5.89. The number of fused-ring (bicyclic) bond motifs is 1. The van der Waals surface area contributed by atoms with Gasteiger partial charge in [0, 0.05) is 24.7 Å². The molecule has 0 unspecified atom stereocenters. The van der Waals surface area contributed by atoms with Gasteiger partial charge < -0.3 is 15.3 Å². The number of aliphatic hydroxyl groups is 1. The third kappa shape index (κ3) is 2.77. The van der Waals surface area contributed by atoms with Gasteiger partial charge in [0.25, 0.3) is 0 Å². The van der Waals surface area contributed by atoms with Gasteiger partial charge >= 0.3 is 6.03 Å². The van der Waals surface area contributed by atoms with Crippen LogP contribution in [0.1, 0.15) is 32.8 Å². The Hall–Kier alpha value is -1.55. The minimum Gasteiger partial charge on any atom is -0.393 e. The molecule has 21 heavy (non-hydrogen) atoms. The number of hydrogen-bond acceptors (Lipinski definition) is 2. The van der Waals surface area contributed by atoms with E-state index in [2.05, 4.69) is 38.2 Å². The van der Waals surface area contributed by atoms with Crippen LogP contribution in [0.3, 0.4) is 0 Å². The third-order valence-electron chi connectivity index (χ3n) is 4.82.